The molecule has 0 heterocycles. The van der Waals surface area contributed by atoms with Crippen LogP contribution in [0.25, 0.3) is 0 Å². The van der Waals surface area contributed by atoms with Crippen molar-refractivity contribution in [2.75, 3.05) is 5.32 Å². The van der Waals surface area contributed by atoms with Crippen LogP contribution in [-0.4, -0.2) is 18.0 Å². The molecule has 2 amide bonds. The summed E-state index contributed by atoms with van der Waals surface area (Å²) in [5.41, 5.74) is 3.64. The molecule has 7 heteroatoms. The highest BCUT2D eigenvalue weighted by molar-refractivity contribution is 9.10. The van der Waals surface area contributed by atoms with Crippen LogP contribution in [0.15, 0.2) is 58.1 Å². The van der Waals surface area contributed by atoms with Crippen LogP contribution in [0.5, 0.6) is 0 Å². The van der Waals surface area contributed by atoms with Gasteiger partial charge in [0, 0.05) is 23.0 Å². The van der Waals surface area contributed by atoms with Gasteiger partial charge in [-0.05, 0) is 42.0 Å². The van der Waals surface area contributed by atoms with Crippen molar-refractivity contribution in [3.05, 3.63) is 64.4 Å². The number of nitrogens with one attached hydrogen (secondary N) is 2. The third-order valence-corrected chi connectivity index (χ3v) is 3.51. The van der Waals surface area contributed by atoms with Gasteiger partial charge in [-0.3, -0.25) is 9.59 Å². The molecule has 0 atom stereocenters. The summed E-state index contributed by atoms with van der Waals surface area (Å²) >= 11 is 3.31. The summed E-state index contributed by atoms with van der Waals surface area (Å²) in [5, 5.41) is 6.46. The van der Waals surface area contributed by atoms with Gasteiger partial charge in [-0.2, -0.15) is 5.10 Å². The topological polar surface area (TPSA) is 70.6 Å². The Labute approximate surface area is 147 Å². The first-order valence-electron chi connectivity index (χ1n) is 7.16. The standard InChI is InChI=1S/C17H15BrFN3O2/c18-13-3-7-15(8-4-13)21-16(23)9-10-17(24)22-20-11-12-1-5-14(19)6-2-12/h1-8,11H,9-10H2,(H,21,23)(H,22,24)/b20-11-. The molecule has 0 unspecified atom stereocenters. The highest BCUT2D eigenvalue weighted by atomic mass is 79.9. The van der Waals surface area contributed by atoms with E-state index in [0.29, 0.717) is 11.3 Å². The molecule has 0 spiro atoms. The predicted octanol–water partition coefficient (Wildman–Crippen LogP) is 3.46. The summed E-state index contributed by atoms with van der Waals surface area (Å²) in [5.74, 6) is -0.970. The van der Waals surface area contributed by atoms with Gasteiger partial charge < -0.3 is 5.32 Å². The maximum absolute atomic E-state index is 12.7. The molecule has 0 aromatic heterocycles. The van der Waals surface area contributed by atoms with E-state index < -0.39 is 0 Å². The summed E-state index contributed by atoms with van der Waals surface area (Å²) in [6.07, 6.45) is 1.47. The minimum Gasteiger partial charge on any atom is -0.326 e. The zero-order valence-corrected chi connectivity index (χ0v) is 14.2. The van der Waals surface area contributed by atoms with Crippen molar-refractivity contribution in [3.63, 3.8) is 0 Å². The van der Waals surface area contributed by atoms with E-state index in [2.05, 4.69) is 31.8 Å². The van der Waals surface area contributed by atoms with E-state index in [-0.39, 0.29) is 30.5 Å². The summed E-state index contributed by atoms with van der Waals surface area (Å²) in [4.78, 5) is 23.4. The van der Waals surface area contributed by atoms with E-state index in [4.69, 9.17) is 0 Å². The van der Waals surface area contributed by atoms with Crippen molar-refractivity contribution in [2.45, 2.75) is 12.8 Å². The van der Waals surface area contributed by atoms with Crippen molar-refractivity contribution in [3.8, 4) is 0 Å². The number of nitrogens with zero attached hydrogens (tertiary/aromatic N) is 1. The Morgan fingerprint density at radius 2 is 1.62 bits per heavy atom. The molecule has 0 saturated carbocycles. The number of rotatable bonds is 6. The van der Waals surface area contributed by atoms with Gasteiger partial charge in [0.2, 0.25) is 11.8 Å². The van der Waals surface area contributed by atoms with Gasteiger partial charge in [-0.25, -0.2) is 9.82 Å². The number of anilines is 1. The molecule has 2 aromatic rings. The molecule has 0 aliphatic carbocycles. The maximum atomic E-state index is 12.7. The average molecular weight is 392 g/mol. The van der Waals surface area contributed by atoms with E-state index in [9.17, 15) is 14.0 Å². The number of carbonyl (C=O) groups excluding carboxylic acids is 2. The molecule has 2 rings (SSSR count). The predicted molar refractivity (Wildman–Crippen MR) is 94.1 cm³/mol. The van der Waals surface area contributed by atoms with Gasteiger partial charge in [0.1, 0.15) is 5.82 Å². The Balaban J connectivity index is 1.71. The second kappa shape index (κ2) is 8.93. The molecular weight excluding hydrogens is 377 g/mol. The van der Waals surface area contributed by atoms with Crippen LogP contribution in [-0.2, 0) is 9.59 Å². The van der Waals surface area contributed by atoms with E-state index in [1.165, 1.54) is 30.5 Å². The fourth-order valence-corrected chi connectivity index (χ4v) is 2.03. The maximum Gasteiger partial charge on any atom is 0.240 e. The smallest absolute Gasteiger partial charge is 0.240 e. The van der Waals surface area contributed by atoms with Crippen molar-refractivity contribution >= 4 is 39.6 Å². The lowest BCUT2D eigenvalue weighted by molar-refractivity contribution is -0.124. The molecule has 2 N–H and O–H groups in total. The van der Waals surface area contributed by atoms with Gasteiger partial charge in [0.25, 0.3) is 0 Å². The SMILES string of the molecule is O=C(CCC(=O)Nc1ccc(Br)cc1)N/N=C\c1ccc(F)cc1. The lowest BCUT2D eigenvalue weighted by atomic mass is 10.2. The minimum absolute atomic E-state index is 0.0170. The first kappa shape index (κ1) is 17.8. The highest BCUT2D eigenvalue weighted by Crippen LogP contribution is 2.14. The Bertz CT molecular complexity index is 731. The van der Waals surface area contributed by atoms with Crippen molar-refractivity contribution in [2.24, 2.45) is 5.10 Å². The number of hydrazone groups is 1. The zero-order valence-electron chi connectivity index (χ0n) is 12.6. The van der Waals surface area contributed by atoms with Gasteiger partial charge in [-0.1, -0.05) is 28.1 Å². The summed E-state index contributed by atoms with van der Waals surface area (Å²) in [6, 6.07) is 12.8. The molecule has 5 nitrogen and oxygen atoms in total. The van der Waals surface area contributed by atoms with Gasteiger partial charge >= 0.3 is 0 Å². The van der Waals surface area contributed by atoms with Crippen LogP contribution in [0.1, 0.15) is 18.4 Å². The molecule has 0 fully saturated rings. The summed E-state index contributed by atoms with van der Waals surface area (Å²) in [6.45, 7) is 0. The van der Waals surface area contributed by atoms with Crippen LogP contribution < -0.4 is 10.7 Å². The van der Waals surface area contributed by atoms with Gasteiger partial charge in [0.05, 0.1) is 6.21 Å². The molecule has 124 valence electrons. The molecule has 24 heavy (non-hydrogen) atoms. The van der Waals surface area contributed by atoms with E-state index in [0.717, 1.165) is 4.47 Å². The van der Waals surface area contributed by atoms with Crippen molar-refractivity contribution < 1.29 is 14.0 Å². The largest absolute Gasteiger partial charge is 0.326 e. The van der Waals surface area contributed by atoms with Crippen LogP contribution in [0, 0.1) is 5.82 Å². The fourth-order valence-electron chi connectivity index (χ4n) is 1.77. The first-order chi connectivity index (χ1) is 11.5. The minimum atomic E-state index is -0.376. The molecular formula is C17H15BrFN3O2. The van der Waals surface area contributed by atoms with Crippen LogP contribution in [0.3, 0.4) is 0 Å². The van der Waals surface area contributed by atoms with E-state index in [1.54, 1.807) is 12.1 Å². The molecule has 0 radical (unpaired) electrons. The summed E-state index contributed by atoms with van der Waals surface area (Å²) < 4.78 is 13.7. The average Bonchev–Trinajstić information content (AvgIpc) is 2.57. The Morgan fingerprint density at radius 3 is 2.29 bits per heavy atom. The second-order valence-corrected chi connectivity index (χ2v) is 5.82. The van der Waals surface area contributed by atoms with E-state index in [1.807, 2.05) is 12.1 Å². The number of carbonyl (C=O) groups is 2. The molecule has 0 saturated heterocycles. The number of hydrogen-bond donors (Lipinski definition) is 2. The Hall–Kier alpha value is -2.54. The third-order valence-electron chi connectivity index (χ3n) is 2.98. The monoisotopic (exact) mass is 391 g/mol. The fraction of sp³-hybridized carbons (Fsp3) is 0.118. The number of halogens is 2. The number of amides is 2. The normalized spacial score (nSPS) is 10.6. The van der Waals surface area contributed by atoms with Crippen molar-refractivity contribution in [1.82, 2.24) is 5.43 Å². The molecule has 0 bridgehead atoms. The molecule has 0 aliphatic heterocycles. The lowest BCUT2D eigenvalue weighted by Gasteiger charge is -2.04. The van der Waals surface area contributed by atoms with E-state index >= 15 is 0 Å². The van der Waals surface area contributed by atoms with Crippen LogP contribution >= 0.6 is 15.9 Å². The highest BCUT2D eigenvalue weighted by Gasteiger charge is 2.06. The zero-order chi connectivity index (χ0) is 17.4. The summed E-state index contributed by atoms with van der Waals surface area (Å²) in [7, 11) is 0. The molecule has 0 aliphatic rings. The molecule has 2 aromatic carbocycles. The Kier molecular flexibility index (Phi) is 6.62. The third kappa shape index (κ3) is 6.29. The van der Waals surface area contributed by atoms with Crippen LogP contribution in [0.2, 0.25) is 0 Å². The first-order valence-corrected chi connectivity index (χ1v) is 7.95. The van der Waals surface area contributed by atoms with Gasteiger partial charge in [0.15, 0.2) is 0 Å². The Morgan fingerprint density at radius 1 is 1.00 bits per heavy atom. The van der Waals surface area contributed by atoms with Crippen LogP contribution in [0.4, 0.5) is 10.1 Å². The second-order valence-electron chi connectivity index (χ2n) is 4.90. The lowest BCUT2D eigenvalue weighted by Crippen LogP contribution is -2.20. The number of benzene rings is 2. The van der Waals surface area contributed by atoms with Gasteiger partial charge in [-0.15, -0.1) is 0 Å². The number of hydrogen-bond acceptors (Lipinski definition) is 3. The van der Waals surface area contributed by atoms with Crippen molar-refractivity contribution in [1.29, 1.82) is 0 Å². The quantitative estimate of drug-likeness (QED) is 0.584.